The summed E-state index contributed by atoms with van der Waals surface area (Å²) in [6, 6.07) is 0. The van der Waals surface area contributed by atoms with Crippen molar-refractivity contribution in [3.8, 4) is 0 Å². The first kappa shape index (κ1) is 38.4. The van der Waals surface area contributed by atoms with Gasteiger partial charge in [-0.05, 0) is 0 Å². The molecular weight excluding hydrogens is 765 g/mol. The zero-order valence-corrected chi connectivity index (χ0v) is 29.3. The van der Waals surface area contributed by atoms with Gasteiger partial charge < -0.3 is 74.9 Å². The second-order valence-corrected chi connectivity index (χ2v) is 19.1. The summed E-state index contributed by atoms with van der Waals surface area (Å²) < 4.78 is 60.5. The molecule has 0 spiro atoms. The Labute approximate surface area is 290 Å². The molecule has 3 aromatic heterocycles. The van der Waals surface area contributed by atoms with Crippen LogP contribution in [0.25, 0.3) is 11.2 Å². The van der Waals surface area contributed by atoms with Crippen LogP contribution in [-0.2, 0) is 32.2 Å². The zero-order chi connectivity index (χ0) is 38.1. The Morgan fingerprint density at radius 1 is 0.827 bits per heavy atom. The average molecular weight is 800 g/mol. The number of nitrogen functional groups attached to an aromatic ring is 2. The Hall–Kier alpha value is -3.32. The highest BCUT2D eigenvalue weighted by molar-refractivity contribution is 7.79. The van der Waals surface area contributed by atoms with Gasteiger partial charge in [-0.25, -0.2) is 4.98 Å². The lowest BCUT2D eigenvalue weighted by molar-refractivity contribution is -0.0483. The van der Waals surface area contributed by atoms with Gasteiger partial charge in [-0.15, -0.1) is 0 Å². The number of aliphatic hydroxyl groups is 4. The van der Waals surface area contributed by atoms with E-state index in [4.69, 9.17) is 30.0 Å². The average Bonchev–Trinajstić information content (AvgIpc) is 3.74. The quantitative estimate of drug-likeness (QED) is 0.0780. The van der Waals surface area contributed by atoms with E-state index < -0.39 is 108 Å². The third-order valence-corrected chi connectivity index (χ3v) is 15.6. The van der Waals surface area contributed by atoms with E-state index >= 15 is 0 Å². The first-order chi connectivity index (χ1) is 24.2. The number of fused-ring (bicyclic) bond motifs is 2. The van der Waals surface area contributed by atoms with Crippen molar-refractivity contribution in [1.29, 1.82) is 0 Å². The van der Waals surface area contributed by atoms with Gasteiger partial charge in [-0.1, -0.05) is 0 Å². The van der Waals surface area contributed by atoms with E-state index in [1.54, 1.807) is 0 Å². The topological polar surface area (TPSA) is 398 Å². The predicted molar refractivity (Wildman–Crippen MR) is 175 cm³/mol. The van der Waals surface area contributed by atoms with Gasteiger partial charge >= 0.3 is 15.2 Å². The molecular formula is C23H34N10O16P3. The number of H-pyrrole nitrogens is 2. The normalized spacial score (nSPS) is 31.1. The van der Waals surface area contributed by atoms with Gasteiger partial charge in [0.1, 0.15) is 60.8 Å². The molecule has 0 saturated carbocycles. The third-order valence-electron chi connectivity index (χ3n) is 8.14. The molecule has 3 aromatic rings. The Bertz CT molecular complexity index is 2120. The van der Waals surface area contributed by atoms with Gasteiger partial charge in [-0.2, -0.15) is 9.97 Å². The lowest BCUT2D eigenvalue weighted by Crippen LogP contribution is -2.43. The maximum Gasteiger partial charge on any atom is 0.337 e. The van der Waals surface area contributed by atoms with Gasteiger partial charge in [0.25, 0.3) is 11.1 Å². The second-order valence-electron chi connectivity index (χ2n) is 12.1. The van der Waals surface area contributed by atoms with Crippen LogP contribution in [0.3, 0.4) is 0 Å². The molecule has 287 valence electrons. The minimum atomic E-state index is -5.07. The Morgan fingerprint density at radius 3 is 1.94 bits per heavy atom. The molecule has 0 aromatic carbocycles. The summed E-state index contributed by atoms with van der Waals surface area (Å²) in [6.45, 7) is -0.492. The maximum atomic E-state index is 12.9. The molecule has 0 bridgehead atoms. The summed E-state index contributed by atoms with van der Waals surface area (Å²) in [6.07, 6.45) is -11.6. The van der Waals surface area contributed by atoms with Crippen molar-refractivity contribution in [1.82, 2.24) is 29.5 Å². The van der Waals surface area contributed by atoms with Crippen LogP contribution in [0.15, 0.2) is 15.9 Å². The smallest absolute Gasteiger partial charge is 0.337 e. The van der Waals surface area contributed by atoms with Crippen molar-refractivity contribution < 1.29 is 67.3 Å². The molecule has 52 heavy (non-hydrogen) atoms. The van der Waals surface area contributed by atoms with Crippen LogP contribution in [0.4, 0.5) is 23.4 Å². The molecule has 2 fully saturated rings. The highest BCUT2D eigenvalue weighted by Gasteiger charge is 2.50. The molecule has 3 aliphatic heterocycles. The van der Waals surface area contributed by atoms with Gasteiger partial charge in [0.15, 0.2) is 29.4 Å². The van der Waals surface area contributed by atoms with Crippen molar-refractivity contribution in [2.75, 3.05) is 53.3 Å². The van der Waals surface area contributed by atoms with Gasteiger partial charge in [0.2, 0.25) is 19.3 Å². The van der Waals surface area contributed by atoms with Crippen molar-refractivity contribution in [2.45, 2.75) is 49.1 Å². The van der Waals surface area contributed by atoms with E-state index in [-0.39, 0.29) is 34.6 Å². The summed E-state index contributed by atoms with van der Waals surface area (Å²) >= 11 is 0. The molecule has 6 rings (SSSR count). The number of aliphatic hydroxyl groups excluding tert-OH is 4. The van der Waals surface area contributed by atoms with E-state index in [9.17, 15) is 58.4 Å². The summed E-state index contributed by atoms with van der Waals surface area (Å²) in [4.78, 5) is 74.4. The molecule has 6 heterocycles. The first-order valence-corrected chi connectivity index (χ1v) is 20.5. The van der Waals surface area contributed by atoms with Crippen LogP contribution in [0.2, 0.25) is 0 Å². The highest BCUT2D eigenvalue weighted by atomic mass is 31.3. The minimum absolute atomic E-state index is 0.0243. The maximum absolute atomic E-state index is 12.9. The van der Waals surface area contributed by atoms with Crippen molar-refractivity contribution in [2.24, 2.45) is 0 Å². The van der Waals surface area contributed by atoms with Crippen LogP contribution in [0.5, 0.6) is 0 Å². The zero-order valence-electron chi connectivity index (χ0n) is 26.6. The summed E-state index contributed by atoms with van der Waals surface area (Å²) in [5.74, 6) is -3.64. The number of aromatic nitrogens is 6. The number of ether oxygens (including phenoxy) is 2. The van der Waals surface area contributed by atoms with E-state index in [0.29, 0.717) is 0 Å². The lowest BCUT2D eigenvalue weighted by Gasteiger charge is -2.27. The number of hydrogen-bond donors (Lipinski definition) is 11. The standard InChI is InChI=1S/C23H34N10O16P3/c1-31-5-33(17-11(31)19(39)30-23(25)28-17)21-15(37)13(35)9(49-21)3-47-52(44,45)7-50(40,41)6-51(42,43)46-2-8-12(34)14(36)20(48-8)32-4-26-10-16(32)27-22(24)29-18(10)38/h4-5,8-9,12-15,20-21,34-37H,2-3,6-7H2,1H3,(H,40,41)(H,42,43)(H,44,45)(H3,24,27,29,38)(H3,25,28,30,39)/t8?,9?,12-,13-,14-,15-,20-,21-/m1/s1. The largest absolute Gasteiger partial charge is 0.387 e. The summed E-state index contributed by atoms with van der Waals surface area (Å²) in [7, 11) is -13.6. The SMILES string of the molecule is CN1[CH]N([C@@H]2OC(COP(=O)(O)CP(=O)(O)CP(=O)(O)OCC3O[C@@H](n4cnc5c(=O)[nH]c(N)nc54)[C@H](O)[C@@H]3O)[C@@H](O)[C@H]2O)c2nc(N)[nH]c(=O)c21. The second kappa shape index (κ2) is 13.8. The highest BCUT2D eigenvalue weighted by Crippen LogP contribution is 2.65. The van der Waals surface area contributed by atoms with E-state index in [2.05, 4.69) is 24.9 Å². The van der Waals surface area contributed by atoms with Crippen LogP contribution >= 0.6 is 22.6 Å². The van der Waals surface area contributed by atoms with Crippen LogP contribution in [0.1, 0.15) is 6.23 Å². The lowest BCUT2D eigenvalue weighted by atomic mass is 10.1. The molecule has 29 heteroatoms. The molecule has 11 atom stereocenters. The minimum Gasteiger partial charge on any atom is -0.387 e. The summed E-state index contributed by atoms with van der Waals surface area (Å²) in [5, 5.41) is 42.3. The number of nitrogens with two attached hydrogens (primary N) is 2. The molecule has 0 aliphatic carbocycles. The third kappa shape index (κ3) is 7.54. The molecule has 5 unspecified atom stereocenters. The number of nitrogens with zero attached hydrogens (tertiary/aromatic N) is 6. The molecule has 0 amide bonds. The predicted octanol–water partition coefficient (Wildman–Crippen LogP) is -3.90. The monoisotopic (exact) mass is 799 g/mol. The fourth-order valence-electron chi connectivity index (χ4n) is 5.84. The number of hydrogen-bond acceptors (Lipinski definition) is 20. The fourth-order valence-corrected chi connectivity index (χ4v) is 12.9. The number of imidazole rings is 1. The van der Waals surface area contributed by atoms with Gasteiger partial charge in [0, 0.05) is 7.05 Å². The van der Waals surface area contributed by atoms with E-state index in [0.717, 1.165) is 10.9 Å². The molecule has 13 N–H and O–H groups in total. The summed E-state index contributed by atoms with van der Waals surface area (Å²) in [5.41, 5.74) is 9.65. The van der Waals surface area contributed by atoms with Crippen molar-refractivity contribution in [3.05, 3.63) is 33.7 Å². The van der Waals surface area contributed by atoms with E-state index in [1.807, 2.05) is 0 Å². The molecule has 3 aliphatic rings. The number of aromatic amines is 2. The number of nitrogens with one attached hydrogen (secondary N) is 2. The first-order valence-electron chi connectivity index (χ1n) is 14.9. The molecule has 26 nitrogen and oxygen atoms in total. The van der Waals surface area contributed by atoms with Gasteiger partial charge in [0.05, 0.1) is 19.5 Å². The fraction of sp³-hybridized carbons (Fsp3) is 0.565. The Morgan fingerprint density at radius 2 is 1.35 bits per heavy atom. The molecule has 1 radical (unpaired) electrons. The number of anilines is 4. The van der Waals surface area contributed by atoms with Crippen LogP contribution in [0, 0.1) is 6.67 Å². The van der Waals surface area contributed by atoms with E-state index in [1.165, 1.54) is 23.5 Å². The molecule has 2 saturated heterocycles. The van der Waals surface area contributed by atoms with Crippen LogP contribution in [-0.4, -0.2) is 140 Å². The number of rotatable bonds is 12. The van der Waals surface area contributed by atoms with Crippen molar-refractivity contribution in [3.63, 3.8) is 0 Å². The Kier molecular flexibility index (Phi) is 10.2. The van der Waals surface area contributed by atoms with Gasteiger partial charge in [-0.3, -0.25) is 37.8 Å². The van der Waals surface area contributed by atoms with Crippen molar-refractivity contribution >= 4 is 57.1 Å². The Balaban J connectivity index is 1.03. The van der Waals surface area contributed by atoms with Crippen LogP contribution < -0.4 is 32.4 Å².